The number of hydrogen-bond acceptors (Lipinski definition) is 3. The second-order valence-corrected chi connectivity index (χ2v) is 4.78. The van der Waals surface area contributed by atoms with Gasteiger partial charge in [0.2, 0.25) is 0 Å². The van der Waals surface area contributed by atoms with Gasteiger partial charge >= 0.3 is 0 Å². The molecule has 1 aromatic rings. The van der Waals surface area contributed by atoms with Crippen LogP contribution >= 0.6 is 0 Å². The molecule has 0 aliphatic heterocycles. The normalized spacial score (nSPS) is 16.6. The highest BCUT2D eigenvalue weighted by molar-refractivity contribution is 5.98. The first-order valence-electron chi connectivity index (χ1n) is 6.45. The lowest BCUT2D eigenvalue weighted by Gasteiger charge is -2.24. The van der Waals surface area contributed by atoms with E-state index in [0.29, 0.717) is 6.61 Å². The molecule has 0 heterocycles. The smallest absolute Gasteiger partial charge is 0.170 e. The molecule has 0 unspecified atom stereocenters. The molecule has 1 fully saturated rings. The van der Waals surface area contributed by atoms with Crippen LogP contribution < -0.4 is 5.73 Å². The van der Waals surface area contributed by atoms with Gasteiger partial charge in [-0.25, -0.2) is 0 Å². The van der Waals surface area contributed by atoms with Crippen molar-refractivity contribution in [2.45, 2.75) is 32.3 Å². The molecule has 4 heteroatoms. The van der Waals surface area contributed by atoms with Gasteiger partial charge in [-0.3, -0.25) is 0 Å². The van der Waals surface area contributed by atoms with Gasteiger partial charge in [-0.05, 0) is 17.9 Å². The molecule has 4 nitrogen and oxygen atoms in total. The Morgan fingerprint density at radius 2 is 2.17 bits per heavy atom. The minimum atomic E-state index is 0.133. The van der Waals surface area contributed by atoms with E-state index in [4.69, 9.17) is 15.7 Å². The van der Waals surface area contributed by atoms with Gasteiger partial charge in [-0.15, -0.1) is 0 Å². The Kier molecular flexibility index (Phi) is 4.59. The number of amidine groups is 1. The predicted octanol–water partition coefficient (Wildman–Crippen LogP) is 2.49. The minimum absolute atomic E-state index is 0.133. The highest BCUT2D eigenvalue weighted by Gasteiger charge is 2.16. The summed E-state index contributed by atoms with van der Waals surface area (Å²) in [5.41, 5.74) is 7.32. The van der Waals surface area contributed by atoms with Crippen molar-refractivity contribution < 1.29 is 9.94 Å². The molecule has 0 spiro atoms. The SMILES string of the molecule is N/C(=N/O)c1ccccc1COCCC1CCC1. The van der Waals surface area contributed by atoms with Crippen LogP contribution in [-0.4, -0.2) is 17.6 Å². The third-order valence-electron chi connectivity index (χ3n) is 3.55. The predicted molar refractivity (Wildman–Crippen MR) is 70.6 cm³/mol. The first kappa shape index (κ1) is 12.9. The van der Waals surface area contributed by atoms with E-state index in [-0.39, 0.29) is 5.84 Å². The Hall–Kier alpha value is -1.55. The van der Waals surface area contributed by atoms with Crippen LogP contribution in [0.1, 0.15) is 36.8 Å². The Labute approximate surface area is 107 Å². The van der Waals surface area contributed by atoms with E-state index < -0.39 is 0 Å². The van der Waals surface area contributed by atoms with Crippen molar-refractivity contribution in [1.29, 1.82) is 0 Å². The van der Waals surface area contributed by atoms with E-state index in [0.717, 1.165) is 30.1 Å². The fourth-order valence-corrected chi connectivity index (χ4v) is 2.16. The molecule has 3 N–H and O–H groups in total. The summed E-state index contributed by atoms with van der Waals surface area (Å²) in [4.78, 5) is 0. The van der Waals surface area contributed by atoms with Crippen molar-refractivity contribution in [3.8, 4) is 0 Å². The van der Waals surface area contributed by atoms with Gasteiger partial charge in [0.05, 0.1) is 6.61 Å². The van der Waals surface area contributed by atoms with Crippen LogP contribution in [0.2, 0.25) is 0 Å². The van der Waals surface area contributed by atoms with Crippen LogP contribution in [0.3, 0.4) is 0 Å². The molecule has 0 aromatic heterocycles. The summed E-state index contributed by atoms with van der Waals surface area (Å²) in [7, 11) is 0. The van der Waals surface area contributed by atoms with Crippen LogP contribution in [-0.2, 0) is 11.3 Å². The Morgan fingerprint density at radius 3 is 2.83 bits per heavy atom. The van der Waals surface area contributed by atoms with Gasteiger partial charge in [-0.1, -0.05) is 48.7 Å². The average molecular weight is 248 g/mol. The third kappa shape index (κ3) is 3.23. The summed E-state index contributed by atoms with van der Waals surface area (Å²) < 4.78 is 5.67. The molecule has 0 amide bonds. The van der Waals surface area contributed by atoms with Gasteiger partial charge in [0.15, 0.2) is 5.84 Å². The fraction of sp³-hybridized carbons (Fsp3) is 0.500. The monoisotopic (exact) mass is 248 g/mol. The molecular formula is C14H20N2O2. The lowest BCUT2D eigenvalue weighted by Crippen LogP contribution is -2.16. The highest BCUT2D eigenvalue weighted by atomic mass is 16.5. The molecule has 1 aromatic carbocycles. The largest absolute Gasteiger partial charge is 0.409 e. The lowest BCUT2D eigenvalue weighted by molar-refractivity contribution is 0.0949. The van der Waals surface area contributed by atoms with E-state index >= 15 is 0 Å². The van der Waals surface area contributed by atoms with E-state index in [1.807, 2.05) is 24.3 Å². The van der Waals surface area contributed by atoms with Gasteiger partial charge in [0.1, 0.15) is 0 Å². The number of ether oxygens (including phenoxy) is 1. The molecule has 1 aliphatic rings. The summed E-state index contributed by atoms with van der Waals surface area (Å²) in [6, 6.07) is 7.57. The molecular weight excluding hydrogens is 228 g/mol. The topological polar surface area (TPSA) is 67.8 Å². The van der Waals surface area contributed by atoms with Crippen molar-refractivity contribution in [2.75, 3.05) is 6.61 Å². The van der Waals surface area contributed by atoms with Crippen molar-refractivity contribution in [1.82, 2.24) is 0 Å². The number of hydrogen-bond donors (Lipinski definition) is 2. The van der Waals surface area contributed by atoms with E-state index in [1.54, 1.807) is 0 Å². The van der Waals surface area contributed by atoms with Gasteiger partial charge in [0.25, 0.3) is 0 Å². The Morgan fingerprint density at radius 1 is 1.39 bits per heavy atom. The van der Waals surface area contributed by atoms with E-state index in [2.05, 4.69) is 5.16 Å². The molecule has 1 aliphatic carbocycles. The third-order valence-corrected chi connectivity index (χ3v) is 3.55. The zero-order chi connectivity index (χ0) is 12.8. The number of benzene rings is 1. The van der Waals surface area contributed by atoms with E-state index in [1.165, 1.54) is 19.3 Å². The summed E-state index contributed by atoms with van der Waals surface area (Å²) in [5, 5.41) is 11.8. The molecule has 0 radical (unpaired) electrons. The zero-order valence-electron chi connectivity index (χ0n) is 10.5. The minimum Gasteiger partial charge on any atom is -0.409 e. The van der Waals surface area contributed by atoms with E-state index in [9.17, 15) is 0 Å². The molecule has 0 bridgehead atoms. The highest BCUT2D eigenvalue weighted by Crippen LogP contribution is 2.29. The maximum absolute atomic E-state index is 8.72. The second kappa shape index (κ2) is 6.40. The van der Waals surface area contributed by atoms with Gasteiger partial charge in [-0.2, -0.15) is 0 Å². The first-order chi connectivity index (χ1) is 8.81. The van der Waals surface area contributed by atoms with Crippen LogP contribution in [0.15, 0.2) is 29.4 Å². The lowest BCUT2D eigenvalue weighted by atomic mass is 9.83. The van der Waals surface area contributed by atoms with Crippen LogP contribution in [0.4, 0.5) is 0 Å². The Bertz CT molecular complexity index is 414. The van der Waals surface area contributed by atoms with Crippen molar-refractivity contribution >= 4 is 5.84 Å². The second-order valence-electron chi connectivity index (χ2n) is 4.78. The number of oxime groups is 1. The average Bonchev–Trinajstić information content (AvgIpc) is 2.36. The molecule has 98 valence electrons. The quantitative estimate of drug-likeness (QED) is 0.267. The van der Waals surface area contributed by atoms with Crippen LogP contribution in [0.25, 0.3) is 0 Å². The molecule has 0 atom stereocenters. The van der Waals surface area contributed by atoms with Crippen LogP contribution in [0.5, 0.6) is 0 Å². The summed E-state index contributed by atoms with van der Waals surface area (Å²) in [5.74, 6) is 0.998. The Balaban J connectivity index is 1.84. The standard InChI is InChI=1S/C14H20N2O2/c15-14(16-17)13-7-2-1-6-12(13)10-18-9-8-11-4-3-5-11/h1-2,6-7,11,17H,3-5,8-10H2,(H2,15,16). The molecule has 1 saturated carbocycles. The summed E-state index contributed by atoms with van der Waals surface area (Å²) in [6.45, 7) is 1.30. The van der Waals surface area contributed by atoms with Crippen LogP contribution in [0, 0.1) is 5.92 Å². The number of nitrogens with zero attached hydrogens (tertiary/aromatic N) is 1. The van der Waals surface area contributed by atoms with Crippen molar-refractivity contribution in [3.63, 3.8) is 0 Å². The molecule has 18 heavy (non-hydrogen) atoms. The maximum Gasteiger partial charge on any atom is 0.170 e. The van der Waals surface area contributed by atoms with Gasteiger partial charge in [0, 0.05) is 12.2 Å². The van der Waals surface area contributed by atoms with Crippen molar-refractivity contribution in [3.05, 3.63) is 35.4 Å². The molecule has 0 saturated heterocycles. The first-order valence-corrected chi connectivity index (χ1v) is 6.45. The fourth-order valence-electron chi connectivity index (χ4n) is 2.16. The summed E-state index contributed by atoms with van der Waals surface area (Å²) in [6.07, 6.45) is 5.22. The number of rotatable bonds is 6. The number of nitrogens with two attached hydrogens (primary N) is 1. The zero-order valence-corrected chi connectivity index (χ0v) is 10.5. The maximum atomic E-state index is 8.72. The molecule has 2 rings (SSSR count). The van der Waals surface area contributed by atoms with Crippen molar-refractivity contribution in [2.24, 2.45) is 16.8 Å². The van der Waals surface area contributed by atoms with Gasteiger partial charge < -0.3 is 15.7 Å². The summed E-state index contributed by atoms with van der Waals surface area (Å²) >= 11 is 0.